The van der Waals surface area contributed by atoms with Gasteiger partial charge < -0.3 is 16.4 Å². The van der Waals surface area contributed by atoms with Gasteiger partial charge in [-0.25, -0.2) is 0 Å². The maximum Gasteiger partial charge on any atom is 0.417 e. The molecule has 0 atom stereocenters. The average Bonchev–Trinajstić information content (AvgIpc) is 2.49. The highest BCUT2D eigenvalue weighted by Gasteiger charge is 2.31. The van der Waals surface area contributed by atoms with E-state index >= 15 is 0 Å². The number of carbonyl (C=O) groups is 1. The molecule has 2 aromatic rings. The minimum atomic E-state index is -4.58. The fraction of sp³-hybridized carbons (Fsp3) is 0.133. The van der Waals surface area contributed by atoms with Gasteiger partial charge >= 0.3 is 6.18 Å². The van der Waals surface area contributed by atoms with Gasteiger partial charge in [-0.05, 0) is 30.7 Å². The maximum atomic E-state index is 12.7. The number of benzene rings is 1. The number of carbonyl (C=O) groups excluding carboxylic acids is 1. The lowest BCUT2D eigenvalue weighted by Crippen LogP contribution is -2.21. The van der Waals surface area contributed by atoms with Crippen LogP contribution in [-0.4, -0.2) is 16.9 Å². The van der Waals surface area contributed by atoms with Crippen LogP contribution in [0, 0.1) is 12.3 Å². The molecule has 0 radical (unpaired) electrons. The number of nitrogens with one attached hydrogen (secondary N) is 3. The Morgan fingerprint density at radius 3 is 2.54 bits per heavy atom. The molecule has 0 aliphatic carbocycles. The Balaban J connectivity index is 2.22. The summed E-state index contributed by atoms with van der Waals surface area (Å²) in [5.41, 5.74) is 5.67. The van der Waals surface area contributed by atoms with Gasteiger partial charge in [0.25, 0.3) is 5.91 Å². The maximum absolute atomic E-state index is 12.7. The summed E-state index contributed by atoms with van der Waals surface area (Å²) in [4.78, 5) is 15.6. The summed E-state index contributed by atoms with van der Waals surface area (Å²) in [6, 6.07) is 5.51. The fourth-order valence-corrected chi connectivity index (χ4v) is 1.90. The Morgan fingerprint density at radius 2 is 1.92 bits per heavy atom. The van der Waals surface area contributed by atoms with Crippen LogP contribution in [0.5, 0.6) is 0 Å². The van der Waals surface area contributed by atoms with Crippen molar-refractivity contribution in [3.63, 3.8) is 0 Å². The van der Waals surface area contributed by atoms with Crippen molar-refractivity contribution in [2.24, 2.45) is 5.73 Å². The topological polar surface area (TPSA) is 104 Å². The summed E-state index contributed by atoms with van der Waals surface area (Å²) in [6.07, 6.45) is -2.88. The Morgan fingerprint density at radius 1 is 1.21 bits per heavy atom. The average molecular weight is 337 g/mol. The van der Waals surface area contributed by atoms with E-state index in [1.165, 1.54) is 6.07 Å². The van der Waals surface area contributed by atoms with E-state index in [9.17, 15) is 18.0 Å². The van der Waals surface area contributed by atoms with Gasteiger partial charge in [-0.3, -0.25) is 15.2 Å². The van der Waals surface area contributed by atoms with E-state index in [0.717, 1.165) is 17.8 Å². The van der Waals surface area contributed by atoms with E-state index in [2.05, 4.69) is 15.6 Å². The smallest absolute Gasteiger partial charge is 0.370 e. The van der Waals surface area contributed by atoms with E-state index in [0.29, 0.717) is 17.6 Å². The molecule has 24 heavy (non-hydrogen) atoms. The number of aromatic nitrogens is 1. The third kappa shape index (κ3) is 4.22. The zero-order valence-corrected chi connectivity index (χ0v) is 12.5. The molecule has 0 spiro atoms. The van der Waals surface area contributed by atoms with Crippen LogP contribution in [0.25, 0.3) is 0 Å². The number of hydrogen-bond acceptors (Lipinski definition) is 3. The first-order chi connectivity index (χ1) is 11.2. The molecule has 1 heterocycles. The summed E-state index contributed by atoms with van der Waals surface area (Å²) in [5.74, 6) is -1.00. The monoisotopic (exact) mass is 337 g/mol. The largest absolute Gasteiger partial charge is 0.417 e. The van der Waals surface area contributed by atoms with E-state index in [-0.39, 0.29) is 11.5 Å². The van der Waals surface area contributed by atoms with Crippen molar-refractivity contribution in [1.82, 2.24) is 4.98 Å². The molecule has 126 valence electrons. The molecule has 9 heteroatoms. The number of guanidine groups is 1. The van der Waals surface area contributed by atoms with Crippen molar-refractivity contribution in [2.45, 2.75) is 13.1 Å². The van der Waals surface area contributed by atoms with Gasteiger partial charge in [0.1, 0.15) is 0 Å². The van der Waals surface area contributed by atoms with Gasteiger partial charge in [0.05, 0.1) is 11.1 Å². The SMILES string of the molecule is Cc1ccc(NC(=O)c2cncc(C(F)(F)F)c2)cc1NC(=N)N. The summed E-state index contributed by atoms with van der Waals surface area (Å²) < 4.78 is 38.0. The molecule has 0 saturated carbocycles. The lowest BCUT2D eigenvalue weighted by Gasteiger charge is -2.12. The zero-order valence-electron chi connectivity index (χ0n) is 12.5. The van der Waals surface area contributed by atoms with Gasteiger partial charge in [0.2, 0.25) is 0 Å². The molecule has 5 N–H and O–H groups in total. The second kappa shape index (κ2) is 6.57. The minimum Gasteiger partial charge on any atom is -0.370 e. The third-order valence-corrected chi connectivity index (χ3v) is 3.09. The van der Waals surface area contributed by atoms with Gasteiger partial charge in [-0.2, -0.15) is 13.2 Å². The van der Waals surface area contributed by atoms with E-state index in [1.54, 1.807) is 19.1 Å². The number of alkyl halides is 3. The lowest BCUT2D eigenvalue weighted by molar-refractivity contribution is -0.137. The van der Waals surface area contributed by atoms with Crippen molar-refractivity contribution < 1.29 is 18.0 Å². The second-order valence-electron chi connectivity index (χ2n) is 4.98. The van der Waals surface area contributed by atoms with Crippen molar-refractivity contribution in [3.05, 3.63) is 53.3 Å². The molecule has 1 amide bonds. The number of nitrogens with two attached hydrogens (primary N) is 1. The van der Waals surface area contributed by atoms with Crippen LogP contribution in [-0.2, 0) is 6.18 Å². The number of nitrogens with zero attached hydrogens (tertiary/aromatic N) is 1. The molecular formula is C15H14F3N5O. The summed E-state index contributed by atoms with van der Waals surface area (Å²) in [6.45, 7) is 1.77. The van der Waals surface area contributed by atoms with Crippen molar-refractivity contribution in [3.8, 4) is 0 Å². The van der Waals surface area contributed by atoms with Crippen LogP contribution in [0.2, 0.25) is 0 Å². The third-order valence-electron chi connectivity index (χ3n) is 3.09. The number of anilines is 2. The molecule has 6 nitrogen and oxygen atoms in total. The first-order valence-electron chi connectivity index (χ1n) is 6.72. The fourth-order valence-electron chi connectivity index (χ4n) is 1.90. The van der Waals surface area contributed by atoms with E-state index in [4.69, 9.17) is 11.1 Å². The van der Waals surface area contributed by atoms with Crippen molar-refractivity contribution >= 4 is 23.2 Å². The molecule has 0 unspecified atom stereocenters. The molecule has 1 aromatic heterocycles. The quantitative estimate of drug-likeness (QED) is 0.510. The number of aryl methyl sites for hydroxylation is 1. The van der Waals surface area contributed by atoms with Gasteiger partial charge in [0.15, 0.2) is 5.96 Å². The van der Waals surface area contributed by atoms with Crippen LogP contribution in [0.4, 0.5) is 24.5 Å². The highest BCUT2D eigenvalue weighted by atomic mass is 19.4. The van der Waals surface area contributed by atoms with Crippen LogP contribution >= 0.6 is 0 Å². The zero-order chi connectivity index (χ0) is 17.9. The van der Waals surface area contributed by atoms with Crippen LogP contribution < -0.4 is 16.4 Å². The molecule has 0 bridgehead atoms. The summed E-state index contributed by atoms with van der Waals surface area (Å²) in [5, 5.41) is 12.3. The molecular weight excluding hydrogens is 323 g/mol. The highest BCUT2D eigenvalue weighted by molar-refractivity contribution is 6.04. The molecule has 0 saturated heterocycles. The first-order valence-corrected chi connectivity index (χ1v) is 6.72. The van der Waals surface area contributed by atoms with Crippen LogP contribution in [0.1, 0.15) is 21.5 Å². The number of amides is 1. The minimum absolute atomic E-state index is 0.216. The Kier molecular flexibility index (Phi) is 4.72. The molecule has 0 aliphatic heterocycles. The number of rotatable bonds is 3. The summed E-state index contributed by atoms with van der Waals surface area (Å²) in [7, 11) is 0. The van der Waals surface area contributed by atoms with Crippen molar-refractivity contribution in [1.29, 1.82) is 5.41 Å². The second-order valence-corrected chi connectivity index (χ2v) is 4.98. The predicted octanol–water partition coefficient (Wildman–Crippen LogP) is 2.97. The van der Waals surface area contributed by atoms with E-state index in [1.807, 2.05) is 0 Å². The number of hydrogen-bond donors (Lipinski definition) is 4. The Bertz CT molecular complexity index is 789. The summed E-state index contributed by atoms with van der Waals surface area (Å²) >= 11 is 0. The molecule has 0 aliphatic rings. The molecule has 2 rings (SSSR count). The normalized spacial score (nSPS) is 11.0. The van der Waals surface area contributed by atoms with Gasteiger partial charge in [-0.15, -0.1) is 0 Å². The number of pyridine rings is 1. The highest BCUT2D eigenvalue weighted by Crippen LogP contribution is 2.29. The van der Waals surface area contributed by atoms with Crippen LogP contribution in [0.3, 0.4) is 0 Å². The van der Waals surface area contributed by atoms with Gasteiger partial charge in [-0.1, -0.05) is 6.07 Å². The van der Waals surface area contributed by atoms with Crippen molar-refractivity contribution in [2.75, 3.05) is 10.6 Å². The predicted molar refractivity (Wildman–Crippen MR) is 83.9 cm³/mol. The van der Waals surface area contributed by atoms with Gasteiger partial charge in [0, 0.05) is 23.8 Å². The first kappa shape index (κ1) is 17.3. The van der Waals surface area contributed by atoms with Crippen LogP contribution in [0.15, 0.2) is 36.7 Å². The molecule has 1 aromatic carbocycles. The lowest BCUT2D eigenvalue weighted by atomic mass is 10.1. The molecule has 0 fully saturated rings. The Hall–Kier alpha value is -3.10. The standard InChI is InChI=1S/C15H14F3N5O/c1-8-2-3-11(5-12(8)23-14(19)20)22-13(24)9-4-10(7-21-6-9)15(16,17)18/h2-7H,1H3,(H,22,24)(H4,19,20,23). The van der Waals surface area contributed by atoms with E-state index < -0.39 is 17.6 Å². The Labute approximate surface area is 135 Å². The number of halogens is 3.